The van der Waals surface area contributed by atoms with Crippen molar-refractivity contribution in [3.63, 3.8) is 0 Å². The lowest BCUT2D eigenvalue weighted by Crippen LogP contribution is -2.46. The van der Waals surface area contributed by atoms with Gasteiger partial charge < -0.3 is 14.2 Å². The Bertz CT molecular complexity index is 1430. The number of anilines is 2. The maximum absolute atomic E-state index is 11.7. The largest absolute Gasteiger partial charge is 0.368 e. The Balaban J connectivity index is 1.36. The van der Waals surface area contributed by atoms with E-state index in [-0.39, 0.29) is 4.90 Å². The number of piperazine rings is 1. The van der Waals surface area contributed by atoms with Gasteiger partial charge in [0.05, 0.1) is 15.6 Å². The fraction of sp³-hybridized carbons (Fsp3) is 0.250. The van der Waals surface area contributed by atoms with Gasteiger partial charge >= 0.3 is 0 Å². The number of halogens is 1. The molecule has 5 rings (SSSR count). The van der Waals surface area contributed by atoms with Crippen molar-refractivity contribution in [2.75, 3.05) is 42.2 Å². The molecule has 1 aliphatic rings. The van der Waals surface area contributed by atoms with E-state index in [2.05, 4.69) is 32.2 Å². The van der Waals surface area contributed by atoms with Gasteiger partial charge in [-0.1, -0.05) is 17.7 Å². The molecule has 1 aromatic carbocycles. The highest BCUT2D eigenvalue weighted by Gasteiger charge is 2.21. The van der Waals surface area contributed by atoms with E-state index < -0.39 is 9.84 Å². The molecule has 3 aromatic heterocycles. The highest BCUT2D eigenvalue weighted by Crippen LogP contribution is 2.34. The predicted octanol–water partition coefficient (Wildman–Crippen LogP) is 4.09. The summed E-state index contributed by atoms with van der Waals surface area (Å²) in [6, 6.07) is 15.5. The highest BCUT2D eigenvalue weighted by molar-refractivity contribution is 7.90. The van der Waals surface area contributed by atoms with Crippen LogP contribution in [0, 0.1) is 6.92 Å². The van der Waals surface area contributed by atoms with Crippen LogP contribution in [0.25, 0.3) is 16.9 Å². The lowest BCUT2D eigenvalue weighted by atomic mass is 10.1. The van der Waals surface area contributed by atoms with Crippen LogP contribution in [0.1, 0.15) is 5.69 Å². The molecule has 0 aliphatic carbocycles. The van der Waals surface area contributed by atoms with Crippen molar-refractivity contribution in [1.29, 1.82) is 0 Å². The summed E-state index contributed by atoms with van der Waals surface area (Å²) in [5, 5.41) is 0.680. The fourth-order valence-corrected chi connectivity index (χ4v) is 5.00. The van der Waals surface area contributed by atoms with E-state index in [0.29, 0.717) is 5.02 Å². The van der Waals surface area contributed by atoms with E-state index in [9.17, 15) is 8.42 Å². The first-order valence-electron chi connectivity index (χ1n) is 10.7. The number of sulfone groups is 1. The fourth-order valence-electron chi connectivity index (χ4n) is 4.24. The Labute approximate surface area is 198 Å². The van der Waals surface area contributed by atoms with Crippen LogP contribution >= 0.6 is 11.6 Å². The molecule has 7 nitrogen and oxygen atoms in total. The van der Waals surface area contributed by atoms with E-state index in [1.54, 1.807) is 12.1 Å². The third kappa shape index (κ3) is 4.16. The quantitative estimate of drug-likeness (QED) is 0.437. The van der Waals surface area contributed by atoms with Crippen molar-refractivity contribution in [3.05, 3.63) is 71.6 Å². The minimum absolute atomic E-state index is 0.237. The van der Waals surface area contributed by atoms with Crippen LogP contribution in [0.3, 0.4) is 0 Å². The minimum atomic E-state index is -3.24. The van der Waals surface area contributed by atoms with Gasteiger partial charge in [0.2, 0.25) is 0 Å². The molecule has 0 saturated carbocycles. The van der Waals surface area contributed by atoms with Gasteiger partial charge in [0.15, 0.2) is 9.84 Å². The van der Waals surface area contributed by atoms with Gasteiger partial charge in [-0.3, -0.25) is 0 Å². The third-order valence-electron chi connectivity index (χ3n) is 6.09. The Morgan fingerprint density at radius 2 is 1.73 bits per heavy atom. The van der Waals surface area contributed by atoms with Crippen molar-refractivity contribution in [2.45, 2.75) is 11.8 Å². The molecule has 0 unspecified atom stereocenters. The van der Waals surface area contributed by atoms with Crippen LogP contribution in [0.15, 0.2) is 65.8 Å². The molecule has 170 valence electrons. The monoisotopic (exact) mass is 481 g/mol. The first kappa shape index (κ1) is 21.7. The van der Waals surface area contributed by atoms with Crippen LogP contribution in [0.4, 0.5) is 11.5 Å². The van der Waals surface area contributed by atoms with Gasteiger partial charge in [-0.05, 0) is 49.4 Å². The summed E-state index contributed by atoms with van der Waals surface area (Å²) in [6.07, 6.45) is 4.63. The molecule has 0 bridgehead atoms. The van der Waals surface area contributed by atoms with Gasteiger partial charge in [-0.25, -0.2) is 18.4 Å². The molecule has 1 saturated heterocycles. The number of pyridine rings is 2. The molecule has 33 heavy (non-hydrogen) atoms. The van der Waals surface area contributed by atoms with Crippen LogP contribution < -0.4 is 9.80 Å². The van der Waals surface area contributed by atoms with E-state index >= 15 is 0 Å². The van der Waals surface area contributed by atoms with Crippen LogP contribution in [-0.4, -0.2) is 55.2 Å². The van der Waals surface area contributed by atoms with Gasteiger partial charge in [0.25, 0.3) is 0 Å². The normalized spacial score (nSPS) is 14.8. The summed E-state index contributed by atoms with van der Waals surface area (Å²) >= 11 is 6.59. The number of aromatic nitrogens is 3. The lowest BCUT2D eigenvalue weighted by molar-refractivity contribution is 0.601. The van der Waals surface area contributed by atoms with Gasteiger partial charge in [0, 0.05) is 61.8 Å². The zero-order valence-corrected chi connectivity index (χ0v) is 20.0. The molecule has 0 spiro atoms. The Kier molecular flexibility index (Phi) is 5.50. The molecule has 9 heteroatoms. The summed E-state index contributed by atoms with van der Waals surface area (Å²) in [5.74, 6) is 0.791. The topological polar surface area (TPSA) is 70.8 Å². The van der Waals surface area contributed by atoms with Crippen molar-refractivity contribution in [3.8, 4) is 11.3 Å². The number of imidazole rings is 1. The molecule has 4 aromatic rings. The Morgan fingerprint density at radius 3 is 2.39 bits per heavy atom. The van der Waals surface area contributed by atoms with E-state index in [1.807, 2.05) is 36.5 Å². The number of fused-ring (bicyclic) bond motifs is 1. The summed E-state index contributed by atoms with van der Waals surface area (Å²) in [4.78, 5) is 13.9. The SMILES string of the molecule is Cc1c(-c2cc(N3CCN(c4ccc(S(C)(=O)=O)cn4)CC3)ccc2Cl)nc2ccccn12. The summed E-state index contributed by atoms with van der Waals surface area (Å²) in [6.45, 7) is 5.27. The second-order valence-corrected chi connectivity index (χ2v) is 10.7. The van der Waals surface area contributed by atoms with Crippen molar-refractivity contribution in [2.24, 2.45) is 0 Å². The zero-order chi connectivity index (χ0) is 23.2. The summed E-state index contributed by atoms with van der Waals surface area (Å²) < 4.78 is 25.4. The van der Waals surface area contributed by atoms with Crippen LogP contribution in [-0.2, 0) is 9.84 Å². The minimum Gasteiger partial charge on any atom is -0.368 e. The lowest BCUT2D eigenvalue weighted by Gasteiger charge is -2.37. The van der Waals surface area contributed by atoms with Gasteiger partial charge in [-0.2, -0.15) is 0 Å². The Hall–Kier alpha value is -3.10. The Morgan fingerprint density at radius 1 is 0.970 bits per heavy atom. The second kappa shape index (κ2) is 8.35. The number of aryl methyl sites for hydroxylation is 1. The van der Waals surface area contributed by atoms with Crippen molar-refractivity contribution in [1.82, 2.24) is 14.4 Å². The molecule has 0 radical (unpaired) electrons. The standard InChI is InChI=1S/C24H24ClN5O2S/c1-17-24(27-23-5-3-4-10-30(17)23)20-15-18(6-8-21(20)25)28-11-13-29(14-12-28)22-9-7-19(16-26-22)33(2,31)32/h3-10,15-16H,11-14H2,1-2H3. The first-order valence-corrected chi connectivity index (χ1v) is 13.0. The molecule has 4 heterocycles. The van der Waals surface area contributed by atoms with Crippen LogP contribution in [0.2, 0.25) is 5.02 Å². The van der Waals surface area contributed by atoms with Gasteiger partial charge in [-0.15, -0.1) is 0 Å². The molecule has 0 N–H and O–H groups in total. The maximum Gasteiger partial charge on any atom is 0.177 e. The number of nitrogens with zero attached hydrogens (tertiary/aromatic N) is 5. The molecular weight excluding hydrogens is 458 g/mol. The average molecular weight is 482 g/mol. The van der Waals surface area contributed by atoms with E-state index in [1.165, 1.54) is 12.5 Å². The summed E-state index contributed by atoms with van der Waals surface area (Å²) in [5.41, 5.74) is 4.87. The average Bonchev–Trinajstić information content (AvgIpc) is 3.15. The smallest absolute Gasteiger partial charge is 0.177 e. The van der Waals surface area contributed by atoms with Crippen LogP contribution in [0.5, 0.6) is 0 Å². The molecule has 0 amide bonds. The number of benzene rings is 1. The third-order valence-corrected chi connectivity index (χ3v) is 7.52. The molecular formula is C24H24ClN5O2S. The molecule has 1 fully saturated rings. The zero-order valence-electron chi connectivity index (χ0n) is 18.4. The second-order valence-electron chi connectivity index (χ2n) is 8.24. The van der Waals surface area contributed by atoms with Gasteiger partial charge in [0.1, 0.15) is 11.5 Å². The predicted molar refractivity (Wildman–Crippen MR) is 132 cm³/mol. The van der Waals surface area contributed by atoms with Crippen molar-refractivity contribution >= 4 is 38.6 Å². The highest BCUT2D eigenvalue weighted by atomic mass is 35.5. The molecule has 1 aliphatic heterocycles. The number of hydrogen-bond acceptors (Lipinski definition) is 6. The van der Waals surface area contributed by atoms with Crippen molar-refractivity contribution < 1.29 is 8.42 Å². The summed E-state index contributed by atoms with van der Waals surface area (Å²) in [7, 11) is -3.24. The molecule has 0 atom stereocenters. The maximum atomic E-state index is 11.7. The van der Waals surface area contributed by atoms with E-state index in [4.69, 9.17) is 16.6 Å². The first-order chi connectivity index (χ1) is 15.8. The van der Waals surface area contributed by atoms with E-state index in [0.717, 1.165) is 60.3 Å². The number of hydrogen-bond donors (Lipinski definition) is 0. The number of rotatable bonds is 4.